The minimum absolute atomic E-state index is 0. The summed E-state index contributed by atoms with van der Waals surface area (Å²) in [5.74, 6) is 0. The Morgan fingerprint density at radius 3 is 0.571 bits per heavy atom. The fourth-order valence-corrected chi connectivity index (χ4v) is 0. The molecule has 0 aliphatic rings. The molecule has 0 aliphatic carbocycles. The molecule has 0 radical (unpaired) electrons. The molecule has 14 heteroatoms. The number of hydrogen-bond donors (Lipinski definition) is 0. The molecule has 70 valence electrons. The summed E-state index contributed by atoms with van der Waals surface area (Å²) in [6, 6.07) is 0. The SMILES string of the molecule is O=P([O-])([O-])[O-].O=P([O-])([O-])[O-].[Rb+].[Rb+].[Rb+].[Tb+3]. The van der Waals surface area contributed by atoms with Crippen molar-refractivity contribution in [2.24, 2.45) is 0 Å². The molecule has 0 unspecified atom stereocenters. The first-order chi connectivity index (χ1) is 4.00. The smallest absolute Gasteiger partial charge is 0.822 e. The minimum Gasteiger partial charge on any atom is -0.822 e. The van der Waals surface area contributed by atoms with E-state index < -0.39 is 15.6 Å². The Hall–Kier alpha value is 6.92. The molecule has 0 saturated heterocycles. The van der Waals surface area contributed by atoms with Gasteiger partial charge in [-0.1, -0.05) is 0 Å². The van der Waals surface area contributed by atoms with E-state index in [4.69, 9.17) is 38.5 Å². The Kier molecular flexibility index (Phi) is 53.1. The molecular formula is O8P2Rb3Tb. The number of phosphoric acid groups is 2. The minimum atomic E-state index is -5.39. The summed E-state index contributed by atoms with van der Waals surface area (Å²) in [5.41, 5.74) is 0. The van der Waals surface area contributed by atoms with Gasteiger partial charge in [0.2, 0.25) is 0 Å². The molecule has 0 aromatic carbocycles. The van der Waals surface area contributed by atoms with Crippen LogP contribution in [0.5, 0.6) is 0 Å². The molecule has 0 spiro atoms. The van der Waals surface area contributed by atoms with Crippen LogP contribution >= 0.6 is 15.6 Å². The number of rotatable bonds is 0. The molecule has 0 amide bonds. The second-order valence-corrected chi connectivity index (χ2v) is 2.68. The van der Waals surface area contributed by atoms with Gasteiger partial charge in [-0.25, -0.2) is 0 Å². The summed E-state index contributed by atoms with van der Waals surface area (Å²) in [6.45, 7) is 0. The third-order valence-electron chi connectivity index (χ3n) is 0. The van der Waals surface area contributed by atoms with Crippen molar-refractivity contribution in [2.75, 3.05) is 0 Å². The van der Waals surface area contributed by atoms with Gasteiger partial charge in [0.25, 0.3) is 0 Å². The topological polar surface area (TPSA) is 172 Å². The van der Waals surface area contributed by atoms with E-state index in [1.54, 1.807) is 0 Å². The van der Waals surface area contributed by atoms with Crippen molar-refractivity contribution in [3.8, 4) is 0 Å². The largest absolute Gasteiger partial charge is 3.00 e. The van der Waals surface area contributed by atoms with Gasteiger partial charge in [0.05, 0.1) is 0 Å². The fraction of sp³-hybridized carbons (Fsp3) is 0. The van der Waals surface area contributed by atoms with Crippen molar-refractivity contribution in [2.45, 2.75) is 0 Å². The summed E-state index contributed by atoms with van der Waals surface area (Å²) >= 11 is 0. The van der Waals surface area contributed by atoms with Crippen LogP contribution in [0.3, 0.4) is 0 Å². The quantitative estimate of drug-likeness (QED) is 0.245. The summed E-state index contributed by atoms with van der Waals surface area (Å²) in [7, 11) is -10.8. The zero-order chi connectivity index (χ0) is 9.00. The van der Waals surface area contributed by atoms with Gasteiger partial charge in [0.1, 0.15) is 0 Å². The van der Waals surface area contributed by atoms with Crippen LogP contribution in [0, 0.1) is 38.6 Å². The molecular weight excluding hydrogens is 605 g/mol. The molecule has 0 atom stereocenters. The summed E-state index contributed by atoms with van der Waals surface area (Å²) in [5, 5.41) is 0. The van der Waals surface area contributed by atoms with Crippen molar-refractivity contribution in [1.82, 2.24) is 0 Å². The van der Waals surface area contributed by atoms with E-state index in [0.29, 0.717) is 0 Å². The van der Waals surface area contributed by atoms with Gasteiger partial charge in [-0.05, 0) is 0 Å². The van der Waals surface area contributed by atoms with E-state index >= 15 is 0 Å². The maximum absolute atomic E-state index is 8.55. The van der Waals surface area contributed by atoms with E-state index in [9.17, 15) is 0 Å². The Morgan fingerprint density at radius 2 is 0.571 bits per heavy atom. The Bertz CT molecular complexity index is 135. The van der Waals surface area contributed by atoms with Gasteiger partial charge < -0.3 is 38.5 Å². The van der Waals surface area contributed by atoms with Crippen LogP contribution in [-0.2, 0) is 9.13 Å². The van der Waals surface area contributed by atoms with E-state index in [-0.39, 0.29) is 213 Å². The molecule has 0 N–H and O–H groups in total. The average molecular weight is 605 g/mol. The van der Waals surface area contributed by atoms with Crippen molar-refractivity contribution < 1.29 is 252 Å². The maximum atomic E-state index is 8.55. The molecule has 0 fully saturated rings. The third-order valence-corrected chi connectivity index (χ3v) is 0. The van der Waals surface area contributed by atoms with Gasteiger partial charge in [-0.3, -0.25) is 0 Å². The first kappa shape index (κ1) is 37.3. The standard InChI is InChI=1S/2H3O4P.3Rb.Tb/c2*1-5(2,3)4;;;;/h2*(H3,1,2,3,4);;;;/q;;3*+1;+3/p-6. The summed E-state index contributed by atoms with van der Waals surface area (Å²) in [6.07, 6.45) is 0. The fourth-order valence-electron chi connectivity index (χ4n) is 0. The summed E-state index contributed by atoms with van der Waals surface area (Å²) in [4.78, 5) is 51.3. The Balaban J connectivity index is -0.0000000178. The molecule has 8 nitrogen and oxygen atoms in total. The van der Waals surface area contributed by atoms with Crippen LogP contribution in [-0.4, -0.2) is 0 Å². The third kappa shape index (κ3) is 127. The molecule has 0 aromatic rings. The molecule has 0 rings (SSSR count). The van der Waals surface area contributed by atoms with Crippen molar-refractivity contribution in [3.63, 3.8) is 0 Å². The van der Waals surface area contributed by atoms with Crippen LogP contribution < -0.4 is 204 Å². The zero-order valence-electron chi connectivity index (χ0n) is 7.49. The predicted octanol–water partition coefficient (Wildman–Crippen LogP) is -14.6. The van der Waals surface area contributed by atoms with E-state index in [1.165, 1.54) is 0 Å². The van der Waals surface area contributed by atoms with Gasteiger partial charge in [-0.15, -0.1) is 0 Å². The molecule has 0 aromatic heterocycles. The normalized spacial score (nSPS) is 8.43. The van der Waals surface area contributed by atoms with Crippen LogP contribution in [0.2, 0.25) is 0 Å². The van der Waals surface area contributed by atoms with E-state index in [1.807, 2.05) is 0 Å². The maximum Gasteiger partial charge on any atom is 3.00 e. The van der Waals surface area contributed by atoms with Gasteiger partial charge in [-0.2, -0.15) is 15.6 Å². The van der Waals surface area contributed by atoms with E-state index in [2.05, 4.69) is 0 Å². The first-order valence-corrected chi connectivity index (χ1v) is 4.38. The Morgan fingerprint density at radius 1 is 0.571 bits per heavy atom. The number of hydrogen-bond acceptors (Lipinski definition) is 8. The van der Waals surface area contributed by atoms with Crippen molar-refractivity contribution >= 4 is 15.6 Å². The predicted molar refractivity (Wildman–Crippen MR) is 15.2 cm³/mol. The van der Waals surface area contributed by atoms with E-state index in [0.717, 1.165) is 0 Å². The van der Waals surface area contributed by atoms with Gasteiger partial charge in [0, 0.05) is 0 Å². The Labute approximate surface area is 258 Å². The van der Waals surface area contributed by atoms with Crippen molar-refractivity contribution in [3.05, 3.63) is 0 Å². The average Bonchev–Trinajstić information content (AvgIpc) is 1.12. The van der Waals surface area contributed by atoms with Crippen LogP contribution in [0.4, 0.5) is 0 Å². The molecule has 0 heterocycles. The summed E-state index contributed by atoms with van der Waals surface area (Å²) < 4.78 is 17.1. The second-order valence-electron chi connectivity index (χ2n) is 0.894. The van der Waals surface area contributed by atoms with Gasteiger partial charge in [0.15, 0.2) is 0 Å². The molecule has 0 bridgehead atoms. The van der Waals surface area contributed by atoms with Crippen LogP contribution in [0.15, 0.2) is 0 Å². The molecule has 0 saturated carbocycles. The van der Waals surface area contributed by atoms with Gasteiger partial charge >= 0.3 is 213 Å². The first-order valence-electron chi connectivity index (χ1n) is 1.46. The zero-order valence-corrected chi connectivity index (χ0v) is 26.2. The van der Waals surface area contributed by atoms with Crippen molar-refractivity contribution in [1.29, 1.82) is 0 Å². The van der Waals surface area contributed by atoms with Crippen LogP contribution in [0.25, 0.3) is 0 Å². The molecule has 14 heavy (non-hydrogen) atoms. The molecule has 0 aliphatic heterocycles. The van der Waals surface area contributed by atoms with Crippen LogP contribution in [0.1, 0.15) is 0 Å². The second kappa shape index (κ2) is 19.9. The monoisotopic (exact) mass is 604 g/mol.